The van der Waals surface area contributed by atoms with Gasteiger partial charge in [-0.05, 0) is 25.1 Å². The van der Waals surface area contributed by atoms with Crippen LogP contribution >= 0.6 is 27.5 Å². The summed E-state index contributed by atoms with van der Waals surface area (Å²) in [6, 6.07) is 4.64. The van der Waals surface area contributed by atoms with E-state index in [1.807, 2.05) is 5.32 Å². The van der Waals surface area contributed by atoms with Crippen molar-refractivity contribution in [1.29, 1.82) is 0 Å². The number of ether oxygens (including phenoxy) is 2. The van der Waals surface area contributed by atoms with Crippen LogP contribution in [0.1, 0.15) is 17.3 Å². The number of esters is 1. The lowest BCUT2D eigenvalue weighted by Crippen LogP contribution is -2.34. The second-order valence-electron chi connectivity index (χ2n) is 3.47. The van der Waals surface area contributed by atoms with E-state index in [-0.39, 0.29) is 17.2 Å². The fourth-order valence-corrected chi connectivity index (χ4v) is 1.74. The van der Waals surface area contributed by atoms with E-state index in [0.29, 0.717) is 4.47 Å². The zero-order valence-corrected chi connectivity index (χ0v) is 12.8. The summed E-state index contributed by atoms with van der Waals surface area (Å²) in [5.41, 5.74) is 0.116. The number of hydrogen-bond donors (Lipinski definition) is 1. The molecule has 20 heavy (non-hydrogen) atoms. The molecule has 0 aliphatic carbocycles. The van der Waals surface area contributed by atoms with E-state index >= 15 is 0 Å². The number of nitrogens with one attached hydrogen (secondary N) is 1. The summed E-state index contributed by atoms with van der Waals surface area (Å²) < 4.78 is 9.88. The van der Waals surface area contributed by atoms with Crippen LogP contribution in [-0.2, 0) is 14.3 Å². The second kappa shape index (κ2) is 7.86. The summed E-state index contributed by atoms with van der Waals surface area (Å²) in [6.07, 6.45) is -0.894. The van der Waals surface area contributed by atoms with Gasteiger partial charge in [0, 0.05) is 4.47 Å². The molecular formula is C12H11BrClNO5. The maximum absolute atomic E-state index is 11.7. The van der Waals surface area contributed by atoms with Crippen molar-refractivity contribution in [3.8, 4) is 0 Å². The Kier molecular flexibility index (Phi) is 6.47. The molecule has 0 radical (unpaired) electrons. The van der Waals surface area contributed by atoms with Crippen LogP contribution in [-0.4, -0.2) is 31.2 Å². The first-order valence-corrected chi connectivity index (χ1v) is 6.70. The Morgan fingerprint density at radius 2 is 2.00 bits per heavy atom. The van der Waals surface area contributed by atoms with Crippen LogP contribution in [0.2, 0.25) is 5.02 Å². The van der Waals surface area contributed by atoms with Gasteiger partial charge in [0.05, 0.1) is 17.2 Å². The summed E-state index contributed by atoms with van der Waals surface area (Å²) in [6.45, 7) is 1.12. The summed E-state index contributed by atoms with van der Waals surface area (Å²) in [7, 11) is 0. The van der Waals surface area contributed by atoms with Gasteiger partial charge in [-0.1, -0.05) is 27.5 Å². The van der Waals surface area contributed by atoms with E-state index in [2.05, 4.69) is 20.7 Å². The van der Waals surface area contributed by atoms with Crippen LogP contribution in [0.4, 0.5) is 4.79 Å². The lowest BCUT2D eigenvalue weighted by atomic mass is 10.2. The molecule has 0 bridgehead atoms. The maximum Gasteiger partial charge on any atom is 0.413 e. The van der Waals surface area contributed by atoms with Gasteiger partial charge in [0.25, 0.3) is 5.91 Å². The van der Waals surface area contributed by atoms with E-state index < -0.39 is 24.6 Å². The normalized spacial score (nSPS) is 9.75. The average molecular weight is 365 g/mol. The van der Waals surface area contributed by atoms with Gasteiger partial charge in [-0.2, -0.15) is 0 Å². The van der Waals surface area contributed by atoms with Crippen molar-refractivity contribution in [1.82, 2.24) is 5.32 Å². The van der Waals surface area contributed by atoms with Gasteiger partial charge in [0.2, 0.25) is 0 Å². The largest absolute Gasteiger partial charge is 0.452 e. The molecule has 0 saturated heterocycles. The van der Waals surface area contributed by atoms with Gasteiger partial charge >= 0.3 is 12.1 Å². The van der Waals surface area contributed by atoms with Crippen LogP contribution < -0.4 is 5.32 Å². The molecule has 0 spiro atoms. The number of imide groups is 1. The molecule has 108 valence electrons. The minimum atomic E-state index is -0.894. The molecule has 0 aromatic heterocycles. The van der Waals surface area contributed by atoms with Crippen LogP contribution in [0.5, 0.6) is 0 Å². The Labute approximate surface area is 128 Å². The van der Waals surface area contributed by atoms with Crippen molar-refractivity contribution in [2.75, 3.05) is 13.2 Å². The molecule has 1 aromatic rings. The first kappa shape index (κ1) is 16.5. The van der Waals surface area contributed by atoms with Gasteiger partial charge in [0.15, 0.2) is 6.61 Å². The van der Waals surface area contributed by atoms with Crippen molar-refractivity contribution < 1.29 is 23.9 Å². The third-order valence-corrected chi connectivity index (χ3v) is 2.82. The van der Waals surface area contributed by atoms with E-state index in [0.717, 1.165) is 0 Å². The number of hydrogen-bond acceptors (Lipinski definition) is 5. The number of carbonyl (C=O) groups excluding carboxylic acids is 3. The number of benzene rings is 1. The monoisotopic (exact) mass is 363 g/mol. The Bertz CT molecular complexity index is 535. The summed E-state index contributed by atoms with van der Waals surface area (Å²) in [5.74, 6) is -1.56. The molecule has 0 fully saturated rings. The molecule has 1 N–H and O–H groups in total. The molecule has 8 heteroatoms. The highest BCUT2D eigenvalue weighted by atomic mass is 79.9. The molecule has 0 saturated carbocycles. The molecule has 1 aromatic carbocycles. The topological polar surface area (TPSA) is 81.7 Å². The zero-order chi connectivity index (χ0) is 15.1. The lowest BCUT2D eigenvalue weighted by molar-refractivity contribution is -0.123. The third kappa shape index (κ3) is 5.18. The minimum Gasteiger partial charge on any atom is -0.452 e. The Hall–Kier alpha value is -1.60. The van der Waals surface area contributed by atoms with Crippen LogP contribution in [0, 0.1) is 0 Å². The van der Waals surface area contributed by atoms with E-state index in [4.69, 9.17) is 16.3 Å². The number of carbonyl (C=O) groups is 3. The molecule has 0 heterocycles. The first-order chi connectivity index (χ1) is 9.43. The number of rotatable bonds is 4. The number of alkyl carbamates (subject to hydrolysis) is 1. The van der Waals surface area contributed by atoms with Gasteiger partial charge in [-0.15, -0.1) is 0 Å². The van der Waals surface area contributed by atoms with Gasteiger partial charge in [0.1, 0.15) is 0 Å². The van der Waals surface area contributed by atoms with Crippen LogP contribution in [0.3, 0.4) is 0 Å². The first-order valence-electron chi connectivity index (χ1n) is 5.52. The molecule has 2 amide bonds. The Morgan fingerprint density at radius 3 is 2.65 bits per heavy atom. The number of amides is 2. The second-order valence-corrected chi connectivity index (χ2v) is 4.79. The smallest absolute Gasteiger partial charge is 0.413 e. The fourth-order valence-electron chi connectivity index (χ4n) is 1.18. The maximum atomic E-state index is 11.7. The quantitative estimate of drug-likeness (QED) is 0.830. The average Bonchev–Trinajstić information content (AvgIpc) is 2.39. The highest BCUT2D eigenvalue weighted by Crippen LogP contribution is 2.21. The van der Waals surface area contributed by atoms with E-state index in [9.17, 15) is 14.4 Å². The molecular weight excluding hydrogens is 353 g/mol. The predicted molar refractivity (Wildman–Crippen MR) is 74.6 cm³/mol. The van der Waals surface area contributed by atoms with Crippen molar-refractivity contribution in [3.63, 3.8) is 0 Å². The summed E-state index contributed by atoms with van der Waals surface area (Å²) >= 11 is 9.02. The lowest BCUT2D eigenvalue weighted by Gasteiger charge is -2.07. The van der Waals surface area contributed by atoms with Crippen molar-refractivity contribution in [2.24, 2.45) is 0 Å². The Morgan fingerprint density at radius 1 is 1.30 bits per heavy atom. The molecule has 1 rings (SSSR count). The minimum absolute atomic E-state index is 0.116. The molecule has 0 unspecified atom stereocenters. The predicted octanol–water partition coefficient (Wildman–Crippen LogP) is 2.53. The summed E-state index contributed by atoms with van der Waals surface area (Å²) in [5, 5.41) is 2.09. The van der Waals surface area contributed by atoms with Gasteiger partial charge < -0.3 is 9.47 Å². The van der Waals surface area contributed by atoms with E-state index in [1.54, 1.807) is 13.0 Å². The molecule has 6 nitrogen and oxygen atoms in total. The number of halogens is 2. The van der Waals surface area contributed by atoms with Crippen LogP contribution in [0.15, 0.2) is 22.7 Å². The standard InChI is InChI=1S/C12H11BrClNO5/c1-2-19-12(18)15-10(16)6-20-11(17)8-5-7(13)3-4-9(8)14/h3-5H,2,6H2,1H3,(H,15,16,18). The van der Waals surface area contributed by atoms with Crippen LogP contribution in [0.25, 0.3) is 0 Å². The fraction of sp³-hybridized carbons (Fsp3) is 0.250. The molecule has 0 aliphatic heterocycles. The highest BCUT2D eigenvalue weighted by Gasteiger charge is 2.15. The van der Waals surface area contributed by atoms with Crippen molar-refractivity contribution in [3.05, 3.63) is 33.3 Å². The molecule has 0 atom stereocenters. The SMILES string of the molecule is CCOC(=O)NC(=O)COC(=O)c1cc(Br)ccc1Cl. The van der Waals surface area contributed by atoms with Gasteiger partial charge in [-0.3, -0.25) is 10.1 Å². The third-order valence-electron chi connectivity index (χ3n) is 2.00. The zero-order valence-electron chi connectivity index (χ0n) is 10.4. The summed E-state index contributed by atoms with van der Waals surface area (Å²) in [4.78, 5) is 33.9. The van der Waals surface area contributed by atoms with Crippen molar-refractivity contribution in [2.45, 2.75) is 6.92 Å². The Balaban J connectivity index is 2.53. The molecule has 0 aliphatic rings. The highest BCUT2D eigenvalue weighted by molar-refractivity contribution is 9.10. The van der Waals surface area contributed by atoms with Crippen molar-refractivity contribution >= 4 is 45.5 Å². The van der Waals surface area contributed by atoms with Gasteiger partial charge in [-0.25, -0.2) is 9.59 Å². The van der Waals surface area contributed by atoms with E-state index in [1.165, 1.54) is 12.1 Å².